The predicted molar refractivity (Wildman–Crippen MR) is 66.3 cm³/mol. The zero-order valence-electron chi connectivity index (χ0n) is 8.66. The molecule has 0 amide bonds. The molecule has 0 aromatic heterocycles. The van der Waals surface area contributed by atoms with Gasteiger partial charge in [0, 0.05) is 5.75 Å². The van der Waals surface area contributed by atoms with E-state index in [1.54, 1.807) is 24.3 Å². The van der Waals surface area contributed by atoms with E-state index in [-0.39, 0.29) is 29.1 Å². The second-order valence-corrected chi connectivity index (χ2v) is 4.60. The molecule has 0 atom stereocenters. The van der Waals surface area contributed by atoms with Gasteiger partial charge in [-0.2, -0.15) is 13.2 Å². The van der Waals surface area contributed by atoms with Gasteiger partial charge in [-0.05, 0) is 23.9 Å². The van der Waals surface area contributed by atoms with Gasteiger partial charge in [0.2, 0.25) is 0 Å². The number of alkyl halides is 3. The highest BCUT2D eigenvalue weighted by Crippen LogP contribution is 2.30. The second kappa shape index (κ2) is 6.11. The number of halogens is 3. The third-order valence-electron chi connectivity index (χ3n) is 1.76. The highest BCUT2D eigenvalue weighted by molar-refractivity contribution is 8.00. The molecule has 7 heteroatoms. The topological polar surface area (TPSA) is 35.2 Å². The maximum absolute atomic E-state index is 11.9. The number of nitrogens with two attached hydrogens (primary N) is 1. The number of thiocarbonyl (C=S) groups is 1. The Kier molecular flexibility index (Phi) is 5.07. The van der Waals surface area contributed by atoms with Crippen LogP contribution in [0.3, 0.4) is 0 Å². The Balaban J connectivity index is 2.49. The van der Waals surface area contributed by atoms with Gasteiger partial charge >= 0.3 is 5.51 Å². The van der Waals surface area contributed by atoms with Gasteiger partial charge in [0.25, 0.3) is 0 Å². The molecular formula is C10H10F3NOS2. The van der Waals surface area contributed by atoms with Gasteiger partial charge in [-0.3, -0.25) is 0 Å². The van der Waals surface area contributed by atoms with Crippen molar-refractivity contribution in [3.8, 4) is 5.75 Å². The molecule has 0 heterocycles. The summed E-state index contributed by atoms with van der Waals surface area (Å²) in [4.78, 5) is 0.157. The van der Waals surface area contributed by atoms with Crippen molar-refractivity contribution in [3.63, 3.8) is 0 Å². The van der Waals surface area contributed by atoms with E-state index in [1.807, 2.05) is 0 Å². The van der Waals surface area contributed by atoms with E-state index in [9.17, 15) is 13.2 Å². The third kappa shape index (κ3) is 5.27. The standard InChI is InChI=1S/C10H10F3NOS2/c11-10(12,13)17-6-5-15-8-4-2-1-3-7(8)9(14)16/h1-4H,5-6H2,(H2,14,16). The van der Waals surface area contributed by atoms with Crippen molar-refractivity contribution in [2.24, 2.45) is 5.73 Å². The Hall–Kier alpha value is -0.950. The monoisotopic (exact) mass is 281 g/mol. The van der Waals surface area contributed by atoms with Crippen LogP contribution in [0.5, 0.6) is 5.75 Å². The fourth-order valence-corrected chi connectivity index (χ4v) is 1.67. The fraction of sp³-hybridized carbons (Fsp3) is 0.300. The maximum Gasteiger partial charge on any atom is 0.441 e. The second-order valence-electron chi connectivity index (χ2n) is 3.00. The van der Waals surface area contributed by atoms with Crippen LogP contribution in [0, 0.1) is 0 Å². The summed E-state index contributed by atoms with van der Waals surface area (Å²) in [6.07, 6.45) is 0. The first kappa shape index (κ1) is 14.1. The molecule has 94 valence electrons. The van der Waals surface area contributed by atoms with Crippen LogP contribution in [0.1, 0.15) is 5.56 Å². The van der Waals surface area contributed by atoms with Crippen LogP contribution in [-0.2, 0) is 0 Å². The number of para-hydroxylation sites is 1. The Bertz CT molecular complexity index is 395. The summed E-state index contributed by atoms with van der Waals surface area (Å²) in [6.45, 7) is -0.0518. The minimum atomic E-state index is -4.23. The molecular weight excluding hydrogens is 271 g/mol. The molecule has 2 nitrogen and oxygen atoms in total. The first-order chi connectivity index (χ1) is 7.90. The van der Waals surface area contributed by atoms with Crippen molar-refractivity contribution in [2.45, 2.75) is 5.51 Å². The van der Waals surface area contributed by atoms with Crippen LogP contribution in [0.2, 0.25) is 0 Å². The lowest BCUT2D eigenvalue weighted by Gasteiger charge is -2.10. The van der Waals surface area contributed by atoms with E-state index >= 15 is 0 Å². The van der Waals surface area contributed by atoms with Crippen LogP contribution in [0.15, 0.2) is 24.3 Å². The molecule has 0 saturated carbocycles. The average molecular weight is 281 g/mol. The highest BCUT2D eigenvalue weighted by atomic mass is 32.2. The van der Waals surface area contributed by atoms with Crippen molar-refractivity contribution in [1.29, 1.82) is 0 Å². The summed E-state index contributed by atoms with van der Waals surface area (Å²) in [5.74, 6) is 0.234. The van der Waals surface area contributed by atoms with Crippen LogP contribution >= 0.6 is 24.0 Å². The van der Waals surface area contributed by atoms with Crippen molar-refractivity contribution >= 4 is 29.0 Å². The Morgan fingerprint density at radius 1 is 1.35 bits per heavy atom. The zero-order valence-corrected chi connectivity index (χ0v) is 10.3. The SMILES string of the molecule is NC(=S)c1ccccc1OCCSC(F)(F)F. The van der Waals surface area contributed by atoms with Gasteiger partial charge in [-0.15, -0.1) is 0 Å². The Morgan fingerprint density at radius 2 is 2.00 bits per heavy atom. The number of hydrogen-bond acceptors (Lipinski definition) is 3. The molecule has 0 saturated heterocycles. The van der Waals surface area contributed by atoms with Gasteiger partial charge in [0.05, 0.1) is 12.2 Å². The zero-order chi connectivity index (χ0) is 12.9. The summed E-state index contributed by atoms with van der Waals surface area (Å²) in [6, 6.07) is 6.71. The quantitative estimate of drug-likeness (QED) is 0.665. The molecule has 0 aliphatic carbocycles. The first-order valence-electron chi connectivity index (χ1n) is 4.62. The summed E-state index contributed by atoms with van der Waals surface area (Å²) in [7, 11) is 0. The van der Waals surface area contributed by atoms with E-state index in [2.05, 4.69) is 0 Å². The maximum atomic E-state index is 11.9. The Morgan fingerprint density at radius 3 is 2.59 bits per heavy atom. The fourth-order valence-electron chi connectivity index (χ4n) is 1.11. The summed E-state index contributed by atoms with van der Waals surface area (Å²) >= 11 is 4.68. The lowest BCUT2D eigenvalue weighted by molar-refractivity contribution is -0.0329. The predicted octanol–water partition coefficient (Wildman–Crippen LogP) is 2.95. The number of ether oxygens (including phenoxy) is 1. The normalized spacial score (nSPS) is 11.2. The average Bonchev–Trinajstić information content (AvgIpc) is 2.23. The van der Waals surface area contributed by atoms with Crippen molar-refractivity contribution < 1.29 is 17.9 Å². The van der Waals surface area contributed by atoms with E-state index < -0.39 is 5.51 Å². The molecule has 2 N–H and O–H groups in total. The first-order valence-corrected chi connectivity index (χ1v) is 6.02. The molecule has 17 heavy (non-hydrogen) atoms. The van der Waals surface area contributed by atoms with Gasteiger partial charge in [0.15, 0.2) is 0 Å². The van der Waals surface area contributed by atoms with Crippen LogP contribution in [-0.4, -0.2) is 22.9 Å². The van der Waals surface area contributed by atoms with E-state index in [0.717, 1.165) is 0 Å². The van der Waals surface area contributed by atoms with Crippen molar-refractivity contribution in [3.05, 3.63) is 29.8 Å². The van der Waals surface area contributed by atoms with E-state index in [4.69, 9.17) is 22.7 Å². The number of benzene rings is 1. The third-order valence-corrected chi connectivity index (χ3v) is 2.68. The van der Waals surface area contributed by atoms with Gasteiger partial charge < -0.3 is 10.5 Å². The summed E-state index contributed by atoms with van der Waals surface area (Å²) in [5.41, 5.74) is 1.75. The number of hydrogen-bond donors (Lipinski definition) is 1. The molecule has 0 radical (unpaired) electrons. The number of thioether (sulfide) groups is 1. The van der Waals surface area contributed by atoms with Crippen LogP contribution in [0.4, 0.5) is 13.2 Å². The van der Waals surface area contributed by atoms with Gasteiger partial charge in [-0.25, -0.2) is 0 Å². The van der Waals surface area contributed by atoms with E-state index in [1.165, 1.54) is 0 Å². The molecule has 1 aromatic carbocycles. The molecule has 1 rings (SSSR count). The molecule has 0 bridgehead atoms. The lowest BCUT2D eigenvalue weighted by atomic mass is 10.2. The summed E-state index contributed by atoms with van der Waals surface area (Å²) in [5, 5.41) is 0. The van der Waals surface area contributed by atoms with Crippen LogP contribution < -0.4 is 10.5 Å². The van der Waals surface area contributed by atoms with Gasteiger partial charge in [-0.1, -0.05) is 24.4 Å². The largest absolute Gasteiger partial charge is 0.492 e. The van der Waals surface area contributed by atoms with Crippen LogP contribution in [0.25, 0.3) is 0 Å². The highest BCUT2D eigenvalue weighted by Gasteiger charge is 2.27. The molecule has 0 aliphatic rings. The molecule has 0 aliphatic heterocycles. The molecule has 1 aromatic rings. The molecule has 0 fully saturated rings. The summed E-state index contributed by atoms with van der Waals surface area (Å²) < 4.78 is 40.8. The van der Waals surface area contributed by atoms with Crippen molar-refractivity contribution in [2.75, 3.05) is 12.4 Å². The van der Waals surface area contributed by atoms with Gasteiger partial charge in [0.1, 0.15) is 10.7 Å². The Labute approximate surface area is 106 Å². The minimum Gasteiger partial charge on any atom is -0.492 e. The minimum absolute atomic E-state index is 0.0518. The lowest BCUT2D eigenvalue weighted by Crippen LogP contribution is -2.13. The van der Waals surface area contributed by atoms with E-state index in [0.29, 0.717) is 11.3 Å². The smallest absolute Gasteiger partial charge is 0.441 e. The van der Waals surface area contributed by atoms with Crippen molar-refractivity contribution in [1.82, 2.24) is 0 Å². The molecule has 0 unspecified atom stereocenters. The number of rotatable bonds is 5. The molecule has 0 spiro atoms.